The van der Waals surface area contributed by atoms with Crippen molar-refractivity contribution in [1.29, 1.82) is 0 Å². The molecule has 1 fully saturated rings. The lowest BCUT2D eigenvalue weighted by Crippen LogP contribution is -2.29. The molecule has 1 saturated carbocycles. The van der Waals surface area contributed by atoms with Gasteiger partial charge in [0.05, 0.1) is 6.10 Å². The van der Waals surface area contributed by atoms with E-state index < -0.39 is 0 Å². The minimum absolute atomic E-state index is 0.0222. The van der Waals surface area contributed by atoms with Gasteiger partial charge in [0, 0.05) is 0 Å². The quantitative estimate of drug-likeness (QED) is 0.729. The van der Waals surface area contributed by atoms with Crippen LogP contribution in [0.25, 0.3) is 0 Å². The molecule has 0 aromatic carbocycles. The predicted octanol–water partition coefficient (Wildman–Crippen LogP) is 3.75. The van der Waals surface area contributed by atoms with Gasteiger partial charge in [-0.25, -0.2) is 0 Å². The Balaban J connectivity index is 2.27. The summed E-state index contributed by atoms with van der Waals surface area (Å²) in [6.07, 6.45) is 8.43. The molecule has 1 N–H and O–H groups in total. The highest BCUT2D eigenvalue weighted by atomic mass is 16.3. The van der Waals surface area contributed by atoms with Crippen LogP contribution in [0.4, 0.5) is 0 Å². The third-order valence-corrected chi connectivity index (χ3v) is 3.78. The topological polar surface area (TPSA) is 20.2 Å². The van der Waals surface area contributed by atoms with Gasteiger partial charge in [0.25, 0.3) is 0 Å². The molecule has 0 amide bonds. The third-order valence-electron chi connectivity index (χ3n) is 3.78. The van der Waals surface area contributed by atoms with Gasteiger partial charge in [0.15, 0.2) is 0 Å². The monoisotopic (exact) mass is 198 g/mol. The van der Waals surface area contributed by atoms with Gasteiger partial charge in [-0.1, -0.05) is 33.6 Å². The Morgan fingerprint density at radius 2 is 1.86 bits per heavy atom. The summed E-state index contributed by atoms with van der Waals surface area (Å²) in [7, 11) is 0. The predicted molar refractivity (Wildman–Crippen MR) is 61.3 cm³/mol. The number of unbranched alkanes of at least 4 members (excludes halogenated alkanes) is 1. The van der Waals surface area contributed by atoms with E-state index in [1.165, 1.54) is 38.5 Å². The van der Waals surface area contributed by atoms with Crippen molar-refractivity contribution in [2.24, 2.45) is 11.3 Å². The van der Waals surface area contributed by atoms with Gasteiger partial charge in [0.1, 0.15) is 0 Å². The molecule has 1 nitrogen and oxygen atoms in total. The highest BCUT2D eigenvalue weighted by Gasteiger charge is 2.29. The third kappa shape index (κ3) is 3.61. The maximum absolute atomic E-state index is 9.98. The molecule has 1 heteroatoms. The Labute approximate surface area is 88.9 Å². The Morgan fingerprint density at radius 1 is 1.29 bits per heavy atom. The zero-order chi connectivity index (χ0) is 10.6. The Bertz CT molecular complexity index is 153. The summed E-state index contributed by atoms with van der Waals surface area (Å²) in [4.78, 5) is 0. The van der Waals surface area contributed by atoms with Crippen LogP contribution in [0.1, 0.15) is 65.7 Å². The van der Waals surface area contributed by atoms with Crippen LogP contribution in [0.5, 0.6) is 0 Å². The van der Waals surface area contributed by atoms with E-state index in [-0.39, 0.29) is 6.10 Å². The molecule has 0 aromatic heterocycles. The van der Waals surface area contributed by atoms with Gasteiger partial charge in [-0.2, -0.15) is 0 Å². The SMILES string of the molecule is CCCCC(O)C1CCC(C)(C)CC1. The van der Waals surface area contributed by atoms with Crippen LogP contribution in [-0.4, -0.2) is 11.2 Å². The summed E-state index contributed by atoms with van der Waals surface area (Å²) >= 11 is 0. The smallest absolute Gasteiger partial charge is 0.0568 e. The Morgan fingerprint density at radius 3 is 2.36 bits per heavy atom. The first kappa shape index (κ1) is 12.0. The lowest BCUT2D eigenvalue weighted by atomic mass is 9.71. The first-order valence-electron chi connectivity index (χ1n) is 6.23. The molecule has 0 heterocycles. The average molecular weight is 198 g/mol. The molecule has 0 aliphatic heterocycles. The van der Waals surface area contributed by atoms with Crippen molar-refractivity contribution in [1.82, 2.24) is 0 Å². The van der Waals surface area contributed by atoms with Crippen LogP contribution in [0.15, 0.2) is 0 Å². The van der Waals surface area contributed by atoms with E-state index in [9.17, 15) is 5.11 Å². The van der Waals surface area contributed by atoms with E-state index in [2.05, 4.69) is 20.8 Å². The molecule has 0 bridgehead atoms. The van der Waals surface area contributed by atoms with Crippen molar-refractivity contribution in [3.05, 3.63) is 0 Å². The molecule has 1 unspecified atom stereocenters. The maximum atomic E-state index is 9.98. The van der Waals surface area contributed by atoms with Crippen LogP contribution < -0.4 is 0 Å². The van der Waals surface area contributed by atoms with Crippen molar-refractivity contribution < 1.29 is 5.11 Å². The molecule has 1 atom stereocenters. The second-order valence-corrected chi connectivity index (χ2v) is 5.71. The molecule has 84 valence electrons. The number of aliphatic hydroxyl groups is 1. The van der Waals surface area contributed by atoms with Crippen LogP contribution in [0.2, 0.25) is 0 Å². The molecular formula is C13H26O. The zero-order valence-corrected chi connectivity index (χ0v) is 10.1. The molecule has 1 aliphatic carbocycles. The van der Waals surface area contributed by atoms with Gasteiger partial charge in [-0.05, 0) is 43.4 Å². The summed E-state index contributed by atoms with van der Waals surface area (Å²) in [5.74, 6) is 0.592. The molecule has 0 saturated heterocycles. The van der Waals surface area contributed by atoms with E-state index in [4.69, 9.17) is 0 Å². The molecule has 0 radical (unpaired) electrons. The van der Waals surface area contributed by atoms with E-state index in [0.29, 0.717) is 11.3 Å². The molecule has 0 spiro atoms. The van der Waals surface area contributed by atoms with Gasteiger partial charge in [-0.3, -0.25) is 0 Å². The number of rotatable bonds is 4. The maximum Gasteiger partial charge on any atom is 0.0568 e. The van der Waals surface area contributed by atoms with Crippen LogP contribution >= 0.6 is 0 Å². The number of hydrogen-bond donors (Lipinski definition) is 1. The minimum atomic E-state index is -0.0222. The molecule has 1 rings (SSSR count). The number of aliphatic hydroxyl groups excluding tert-OH is 1. The molecule has 14 heavy (non-hydrogen) atoms. The van der Waals surface area contributed by atoms with E-state index in [1.807, 2.05) is 0 Å². The standard InChI is InChI=1S/C13H26O/c1-4-5-6-12(14)11-7-9-13(2,3)10-8-11/h11-12,14H,4-10H2,1-3H3. The van der Waals surface area contributed by atoms with Crippen LogP contribution in [0.3, 0.4) is 0 Å². The van der Waals surface area contributed by atoms with E-state index in [1.54, 1.807) is 0 Å². The van der Waals surface area contributed by atoms with Crippen molar-refractivity contribution in [3.63, 3.8) is 0 Å². The van der Waals surface area contributed by atoms with Gasteiger partial charge < -0.3 is 5.11 Å². The van der Waals surface area contributed by atoms with Gasteiger partial charge in [-0.15, -0.1) is 0 Å². The number of hydrogen-bond acceptors (Lipinski definition) is 1. The first-order chi connectivity index (χ1) is 6.55. The summed E-state index contributed by atoms with van der Waals surface area (Å²) < 4.78 is 0. The largest absolute Gasteiger partial charge is 0.393 e. The molecular weight excluding hydrogens is 172 g/mol. The fourth-order valence-electron chi connectivity index (χ4n) is 2.46. The van der Waals surface area contributed by atoms with Crippen molar-refractivity contribution in [2.75, 3.05) is 0 Å². The van der Waals surface area contributed by atoms with Crippen molar-refractivity contribution >= 4 is 0 Å². The average Bonchev–Trinajstić information content (AvgIpc) is 2.14. The highest BCUT2D eigenvalue weighted by Crippen LogP contribution is 2.39. The van der Waals surface area contributed by atoms with E-state index >= 15 is 0 Å². The lowest BCUT2D eigenvalue weighted by molar-refractivity contribution is 0.0501. The molecule has 0 aromatic rings. The van der Waals surface area contributed by atoms with Gasteiger partial charge in [0.2, 0.25) is 0 Å². The zero-order valence-electron chi connectivity index (χ0n) is 10.1. The lowest BCUT2D eigenvalue weighted by Gasteiger charge is -2.36. The minimum Gasteiger partial charge on any atom is -0.393 e. The second-order valence-electron chi connectivity index (χ2n) is 5.71. The summed E-state index contributed by atoms with van der Waals surface area (Å²) in [6, 6.07) is 0. The fourth-order valence-corrected chi connectivity index (χ4v) is 2.46. The summed E-state index contributed by atoms with van der Waals surface area (Å²) in [5, 5.41) is 9.98. The molecule has 1 aliphatic rings. The Hall–Kier alpha value is -0.0400. The van der Waals surface area contributed by atoms with Crippen LogP contribution in [-0.2, 0) is 0 Å². The van der Waals surface area contributed by atoms with E-state index in [0.717, 1.165) is 6.42 Å². The summed E-state index contributed by atoms with van der Waals surface area (Å²) in [6.45, 7) is 6.89. The second kappa shape index (κ2) is 5.16. The highest BCUT2D eigenvalue weighted by molar-refractivity contribution is 4.81. The van der Waals surface area contributed by atoms with Crippen molar-refractivity contribution in [3.8, 4) is 0 Å². The normalized spacial score (nSPS) is 24.9. The summed E-state index contributed by atoms with van der Waals surface area (Å²) in [5.41, 5.74) is 0.529. The van der Waals surface area contributed by atoms with Crippen molar-refractivity contribution in [2.45, 2.75) is 71.8 Å². The van der Waals surface area contributed by atoms with Gasteiger partial charge >= 0.3 is 0 Å². The fraction of sp³-hybridized carbons (Fsp3) is 1.00. The first-order valence-corrected chi connectivity index (χ1v) is 6.23. The van der Waals surface area contributed by atoms with Crippen LogP contribution in [0, 0.1) is 11.3 Å². The Kier molecular flexibility index (Phi) is 4.43.